The normalized spacial score (nSPS) is 30.4. The van der Waals surface area contributed by atoms with Crippen LogP contribution in [0.15, 0.2) is 13.6 Å². The molecule has 1 heterocycles. The van der Waals surface area contributed by atoms with Gasteiger partial charge in [-0.15, -0.1) is 11.3 Å². The molecule has 2 rings (SSSR count). The number of thiophene rings is 1. The van der Waals surface area contributed by atoms with E-state index in [0.29, 0.717) is 5.92 Å². The molecule has 2 nitrogen and oxygen atoms in total. The summed E-state index contributed by atoms with van der Waals surface area (Å²) in [5, 5.41) is 0. The number of hydrazine groups is 1. The Morgan fingerprint density at radius 2 is 1.89 bits per heavy atom. The second kappa shape index (κ2) is 6.35. The van der Waals surface area contributed by atoms with Gasteiger partial charge in [-0.1, -0.05) is 13.8 Å². The average Bonchev–Trinajstić information content (AvgIpc) is 2.58. The van der Waals surface area contributed by atoms with Gasteiger partial charge in [0.15, 0.2) is 0 Å². The standard InChI is InChI=1S/C13H20Br2N2S/c1-7-3-8(2)5-9(4-7)12(17-16)10-6-11(14)18-13(10)15/h6-9,12,17H,3-5,16H2,1-2H3. The van der Waals surface area contributed by atoms with Gasteiger partial charge in [0.1, 0.15) is 0 Å². The van der Waals surface area contributed by atoms with E-state index in [0.717, 1.165) is 15.6 Å². The maximum Gasteiger partial charge on any atom is 0.0758 e. The molecule has 0 saturated heterocycles. The van der Waals surface area contributed by atoms with E-state index < -0.39 is 0 Å². The molecule has 1 aromatic rings. The Morgan fingerprint density at radius 1 is 1.28 bits per heavy atom. The number of rotatable bonds is 3. The summed E-state index contributed by atoms with van der Waals surface area (Å²) in [6.45, 7) is 4.71. The van der Waals surface area contributed by atoms with E-state index >= 15 is 0 Å². The maximum atomic E-state index is 5.82. The van der Waals surface area contributed by atoms with Crippen LogP contribution in [0.4, 0.5) is 0 Å². The molecule has 18 heavy (non-hydrogen) atoms. The van der Waals surface area contributed by atoms with E-state index in [-0.39, 0.29) is 6.04 Å². The SMILES string of the molecule is CC1CC(C)CC(C(NN)c2cc(Br)sc2Br)C1. The molecular formula is C13H20Br2N2S. The van der Waals surface area contributed by atoms with Gasteiger partial charge in [0, 0.05) is 0 Å². The summed E-state index contributed by atoms with van der Waals surface area (Å²) in [4.78, 5) is 0. The Kier molecular flexibility index (Phi) is 5.29. The van der Waals surface area contributed by atoms with Crippen LogP contribution in [0, 0.1) is 17.8 Å². The van der Waals surface area contributed by atoms with Gasteiger partial charge in [0.2, 0.25) is 0 Å². The van der Waals surface area contributed by atoms with E-state index in [2.05, 4.69) is 57.2 Å². The van der Waals surface area contributed by atoms with Gasteiger partial charge in [-0.2, -0.15) is 0 Å². The highest BCUT2D eigenvalue weighted by molar-refractivity contribution is 9.12. The number of halogens is 2. The predicted octanol–water partition coefficient (Wildman–Crippen LogP) is 4.85. The Bertz CT molecular complexity index is 398. The van der Waals surface area contributed by atoms with Crippen molar-refractivity contribution in [3.8, 4) is 0 Å². The molecule has 0 amide bonds. The minimum atomic E-state index is 0.257. The van der Waals surface area contributed by atoms with Crippen molar-refractivity contribution >= 4 is 43.2 Å². The zero-order valence-corrected chi connectivity index (χ0v) is 14.7. The summed E-state index contributed by atoms with van der Waals surface area (Å²) in [6, 6.07) is 2.44. The van der Waals surface area contributed by atoms with Crippen LogP contribution in [0.1, 0.15) is 44.7 Å². The van der Waals surface area contributed by atoms with Crippen molar-refractivity contribution in [3.63, 3.8) is 0 Å². The predicted molar refractivity (Wildman–Crippen MR) is 85.5 cm³/mol. The molecule has 1 aliphatic rings. The molecule has 0 aliphatic heterocycles. The molecule has 1 saturated carbocycles. The lowest BCUT2D eigenvalue weighted by molar-refractivity contribution is 0.177. The highest BCUT2D eigenvalue weighted by atomic mass is 79.9. The van der Waals surface area contributed by atoms with E-state index in [1.807, 2.05) is 0 Å². The Labute approximate surface area is 130 Å². The van der Waals surface area contributed by atoms with E-state index in [4.69, 9.17) is 5.84 Å². The van der Waals surface area contributed by atoms with Crippen LogP contribution in [0.25, 0.3) is 0 Å². The lowest BCUT2D eigenvalue weighted by atomic mass is 9.73. The molecule has 102 valence electrons. The fourth-order valence-electron chi connectivity index (χ4n) is 3.33. The fourth-order valence-corrected chi connectivity index (χ4v) is 6.26. The van der Waals surface area contributed by atoms with Crippen molar-refractivity contribution in [2.75, 3.05) is 0 Å². The molecule has 1 fully saturated rings. The third kappa shape index (κ3) is 3.37. The van der Waals surface area contributed by atoms with Crippen molar-refractivity contribution in [2.24, 2.45) is 23.6 Å². The maximum absolute atomic E-state index is 5.82. The summed E-state index contributed by atoms with van der Waals surface area (Å²) in [5.41, 5.74) is 4.33. The van der Waals surface area contributed by atoms with Gasteiger partial charge in [-0.25, -0.2) is 0 Å². The average molecular weight is 396 g/mol. The first kappa shape index (κ1) is 15.0. The lowest BCUT2D eigenvalue weighted by Crippen LogP contribution is -2.36. The Hall–Kier alpha value is 0.580. The van der Waals surface area contributed by atoms with Crippen LogP contribution in [0.3, 0.4) is 0 Å². The summed E-state index contributed by atoms with van der Waals surface area (Å²) < 4.78 is 2.34. The molecule has 3 N–H and O–H groups in total. The molecule has 5 heteroatoms. The zero-order valence-electron chi connectivity index (χ0n) is 10.7. The van der Waals surface area contributed by atoms with E-state index in [9.17, 15) is 0 Å². The van der Waals surface area contributed by atoms with Crippen molar-refractivity contribution in [1.29, 1.82) is 0 Å². The van der Waals surface area contributed by atoms with E-state index in [1.165, 1.54) is 28.6 Å². The van der Waals surface area contributed by atoms with Gasteiger partial charge in [0.25, 0.3) is 0 Å². The zero-order chi connectivity index (χ0) is 13.3. The van der Waals surface area contributed by atoms with Crippen LogP contribution in [-0.4, -0.2) is 0 Å². The summed E-state index contributed by atoms with van der Waals surface area (Å²) in [5.74, 6) is 8.06. The summed E-state index contributed by atoms with van der Waals surface area (Å²) in [7, 11) is 0. The lowest BCUT2D eigenvalue weighted by Gasteiger charge is -2.36. The van der Waals surface area contributed by atoms with Crippen molar-refractivity contribution in [3.05, 3.63) is 19.2 Å². The largest absolute Gasteiger partial charge is 0.271 e. The number of hydrogen-bond acceptors (Lipinski definition) is 3. The second-order valence-corrected chi connectivity index (χ2v) is 9.35. The molecule has 3 atom stereocenters. The van der Waals surface area contributed by atoms with Gasteiger partial charge in [-0.05, 0) is 80.5 Å². The topological polar surface area (TPSA) is 38.0 Å². The summed E-state index contributed by atoms with van der Waals surface area (Å²) in [6.07, 6.45) is 3.88. The third-order valence-electron chi connectivity index (χ3n) is 3.88. The van der Waals surface area contributed by atoms with Crippen molar-refractivity contribution < 1.29 is 0 Å². The molecule has 1 aromatic heterocycles. The number of nitrogens with one attached hydrogen (secondary N) is 1. The molecule has 0 radical (unpaired) electrons. The monoisotopic (exact) mass is 394 g/mol. The third-order valence-corrected chi connectivity index (χ3v) is 6.27. The first-order valence-electron chi connectivity index (χ1n) is 6.42. The van der Waals surface area contributed by atoms with Crippen LogP contribution in [0.2, 0.25) is 0 Å². The van der Waals surface area contributed by atoms with Crippen LogP contribution in [0.5, 0.6) is 0 Å². The minimum absolute atomic E-state index is 0.257. The fraction of sp³-hybridized carbons (Fsp3) is 0.692. The van der Waals surface area contributed by atoms with Crippen molar-refractivity contribution in [2.45, 2.75) is 39.2 Å². The smallest absolute Gasteiger partial charge is 0.0758 e. The first-order valence-corrected chi connectivity index (χ1v) is 8.82. The first-order chi connectivity index (χ1) is 8.51. The number of hydrogen-bond donors (Lipinski definition) is 2. The highest BCUT2D eigenvalue weighted by Crippen LogP contribution is 2.44. The van der Waals surface area contributed by atoms with Gasteiger partial charge >= 0.3 is 0 Å². The molecule has 0 spiro atoms. The van der Waals surface area contributed by atoms with Crippen molar-refractivity contribution in [1.82, 2.24) is 5.43 Å². The molecule has 0 aromatic carbocycles. The van der Waals surface area contributed by atoms with E-state index in [1.54, 1.807) is 11.3 Å². The minimum Gasteiger partial charge on any atom is -0.271 e. The van der Waals surface area contributed by atoms with Gasteiger partial charge in [-0.3, -0.25) is 11.3 Å². The number of nitrogens with two attached hydrogens (primary N) is 1. The van der Waals surface area contributed by atoms with Gasteiger partial charge < -0.3 is 0 Å². The second-order valence-electron chi connectivity index (χ2n) is 5.60. The van der Waals surface area contributed by atoms with Crippen LogP contribution >= 0.6 is 43.2 Å². The molecule has 0 bridgehead atoms. The van der Waals surface area contributed by atoms with Gasteiger partial charge in [0.05, 0.1) is 13.6 Å². The quantitative estimate of drug-likeness (QED) is 0.567. The molecular weight excluding hydrogens is 376 g/mol. The Balaban J connectivity index is 2.20. The summed E-state index contributed by atoms with van der Waals surface area (Å²) >= 11 is 8.91. The Morgan fingerprint density at radius 3 is 2.33 bits per heavy atom. The van der Waals surface area contributed by atoms with Crippen LogP contribution in [-0.2, 0) is 0 Å². The van der Waals surface area contributed by atoms with Crippen LogP contribution < -0.4 is 11.3 Å². The molecule has 3 unspecified atom stereocenters. The molecule has 1 aliphatic carbocycles. The highest BCUT2D eigenvalue weighted by Gasteiger charge is 2.31.